The highest BCUT2D eigenvalue weighted by molar-refractivity contribution is 6.30. The summed E-state index contributed by atoms with van der Waals surface area (Å²) in [6.45, 7) is 1.95. The third-order valence-corrected chi connectivity index (χ3v) is 4.60. The molecule has 0 aliphatic heterocycles. The Balaban J connectivity index is 2.41. The Morgan fingerprint density at radius 2 is 1.92 bits per heavy atom. The van der Waals surface area contributed by atoms with Gasteiger partial charge in [-0.05, 0) is 30.2 Å². The highest BCUT2D eigenvalue weighted by Gasteiger charge is 2.50. The molecule has 24 heavy (non-hydrogen) atoms. The van der Waals surface area contributed by atoms with Gasteiger partial charge >= 0.3 is 5.97 Å². The van der Waals surface area contributed by atoms with E-state index in [1.54, 1.807) is 18.2 Å². The van der Waals surface area contributed by atoms with Gasteiger partial charge in [0.05, 0.1) is 24.4 Å². The quantitative estimate of drug-likeness (QED) is 0.852. The maximum absolute atomic E-state index is 12.4. The first-order valence-corrected chi connectivity index (χ1v) is 7.71. The van der Waals surface area contributed by atoms with Gasteiger partial charge in [0.25, 0.3) is 0 Å². The van der Waals surface area contributed by atoms with Crippen LogP contribution in [0, 0.1) is 18.3 Å². The molecule has 1 aliphatic rings. The van der Waals surface area contributed by atoms with Crippen molar-refractivity contribution >= 4 is 23.3 Å². The van der Waals surface area contributed by atoms with E-state index in [-0.39, 0.29) is 11.3 Å². The molecular formula is C19H15ClN2O2. The van der Waals surface area contributed by atoms with Gasteiger partial charge in [0.2, 0.25) is 0 Å². The highest BCUT2D eigenvalue weighted by Crippen LogP contribution is 2.49. The van der Waals surface area contributed by atoms with Crippen molar-refractivity contribution in [3.8, 4) is 6.07 Å². The minimum absolute atomic E-state index is 0.133. The molecule has 0 saturated carbocycles. The molecule has 3 rings (SSSR count). The molecule has 5 heteroatoms. The number of methoxy groups -OCH3 is 1. The number of nitriles is 1. The number of carbonyl (C=O) groups excluding carboxylic acids is 1. The zero-order valence-corrected chi connectivity index (χ0v) is 14.0. The molecule has 0 amide bonds. The van der Waals surface area contributed by atoms with Crippen molar-refractivity contribution in [2.75, 3.05) is 7.11 Å². The Labute approximate surface area is 145 Å². The Morgan fingerprint density at radius 1 is 1.25 bits per heavy atom. The molecule has 120 valence electrons. The van der Waals surface area contributed by atoms with Crippen LogP contribution in [-0.4, -0.2) is 13.1 Å². The molecule has 2 aromatic carbocycles. The van der Waals surface area contributed by atoms with Crippen LogP contribution in [0.4, 0.5) is 0 Å². The van der Waals surface area contributed by atoms with Crippen LogP contribution in [0.5, 0.6) is 0 Å². The summed E-state index contributed by atoms with van der Waals surface area (Å²) in [6.07, 6.45) is 0. The number of hydrogen-bond acceptors (Lipinski definition) is 4. The Kier molecular flexibility index (Phi) is 3.82. The van der Waals surface area contributed by atoms with Crippen molar-refractivity contribution < 1.29 is 9.53 Å². The number of nitrogens with two attached hydrogens (primary N) is 1. The van der Waals surface area contributed by atoms with Gasteiger partial charge in [0.15, 0.2) is 0 Å². The van der Waals surface area contributed by atoms with E-state index in [2.05, 4.69) is 6.07 Å². The number of halogens is 1. The lowest BCUT2D eigenvalue weighted by Crippen LogP contribution is -2.31. The van der Waals surface area contributed by atoms with Gasteiger partial charge in [-0.1, -0.05) is 47.5 Å². The van der Waals surface area contributed by atoms with Gasteiger partial charge in [-0.3, -0.25) is 0 Å². The monoisotopic (exact) mass is 338 g/mol. The normalized spacial score (nSPS) is 18.9. The van der Waals surface area contributed by atoms with Gasteiger partial charge in [0, 0.05) is 10.6 Å². The minimum atomic E-state index is -1.34. The minimum Gasteiger partial charge on any atom is -0.466 e. The number of aryl methyl sites for hydroxylation is 1. The summed E-state index contributed by atoms with van der Waals surface area (Å²) >= 11 is 6.14. The Hall–Kier alpha value is -2.77. The van der Waals surface area contributed by atoms with Crippen LogP contribution in [0.15, 0.2) is 48.0 Å². The fourth-order valence-electron chi connectivity index (χ4n) is 3.18. The molecule has 1 unspecified atom stereocenters. The van der Waals surface area contributed by atoms with Crippen LogP contribution >= 0.6 is 11.6 Å². The third kappa shape index (κ3) is 2.10. The fraction of sp³-hybridized carbons (Fsp3) is 0.158. The summed E-state index contributed by atoms with van der Waals surface area (Å²) in [5.74, 6) is -0.623. The molecule has 0 spiro atoms. The van der Waals surface area contributed by atoms with Crippen LogP contribution in [-0.2, 0) is 14.9 Å². The Morgan fingerprint density at radius 3 is 2.50 bits per heavy atom. The zero-order chi connectivity index (χ0) is 17.5. The average Bonchev–Trinajstić information content (AvgIpc) is 2.83. The molecular weight excluding hydrogens is 324 g/mol. The summed E-state index contributed by atoms with van der Waals surface area (Å²) in [7, 11) is 1.27. The van der Waals surface area contributed by atoms with Gasteiger partial charge < -0.3 is 10.5 Å². The molecule has 0 aromatic heterocycles. The van der Waals surface area contributed by atoms with E-state index in [1.165, 1.54) is 7.11 Å². The smallest absolute Gasteiger partial charge is 0.338 e. The number of benzene rings is 2. The summed E-state index contributed by atoms with van der Waals surface area (Å²) in [5.41, 5.74) is 8.18. The SMILES string of the molecule is COC(=O)C1=C(N)c2ccc(Cl)cc2C1(C#N)c1ccc(C)cc1. The topological polar surface area (TPSA) is 76.1 Å². The predicted octanol–water partition coefficient (Wildman–Crippen LogP) is 3.31. The first-order valence-electron chi connectivity index (χ1n) is 7.33. The molecule has 2 N–H and O–H groups in total. The van der Waals surface area contributed by atoms with E-state index in [9.17, 15) is 10.1 Å². The number of carbonyl (C=O) groups is 1. The molecule has 1 aliphatic carbocycles. The van der Waals surface area contributed by atoms with Crippen LogP contribution in [0.25, 0.3) is 5.70 Å². The van der Waals surface area contributed by atoms with Crippen molar-refractivity contribution in [2.45, 2.75) is 12.3 Å². The van der Waals surface area contributed by atoms with E-state index in [0.717, 1.165) is 5.56 Å². The molecule has 0 fully saturated rings. The van der Waals surface area contributed by atoms with Gasteiger partial charge in [-0.15, -0.1) is 0 Å². The van der Waals surface area contributed by atoms with Crippen molar-refractivity contribution in [1.29, 1.82) is 5.26 Å². The van der Waals surface area contributed by atoms with E-state index in [0.29, 0.717) is 21.7 Å². The third-order valence-electron chi connectivity index (χ3n) is 4.36. The van der Waals surface area contributed by atoms with Gasteiger partial charge in [0.1, 0.15) is 5.41 Å². The van der Waals surface area contributed by atoms with Crippen LogP contribution in [0.1, 0.15) is 22.3 Å². The van der Waals surface area contributed by atoms with Crippen LogP contribution in [0.2, 0.25) is 5.02 Å². The molecule has 4 nitrogen and oxygen atoms in total. The number of ether oxygens (including phenoxy) is 1. The first-order chi connectivity index (χ1) is 11.5. The van der Waals surface area contributed by atoms with E-state index in [4.69, 9.17) is 22.1 Å². The van der Waals surface area contributed by atoms with Crippen LogP contribution in [0.3, 0.4) is 0 Å². The molecule has 0 saturated heterocycles. The molecule has 0 radical (unpaired) electrons. The number of nitrogens with zero attached hydrogens (tertiary/aromatic N) is 1. The summed E-state index contributed by atoms with van der Waals surface area (Å²) in [6, 6.07) is 14.8. The van der Waals surface area contributed by atoms with Crippen molar-refractivity contribution in [3.63, 3.8) is 0 Å². The van der Waals surface area contributed by atoms with Gasteiger partial charge in [-0.2, -0.15) is 5.26 Å². The van der Waals surface area contributed by atoms with Crippen LogP contribution < -0.4 is 5.73 Å². The number of rotatable bonds is 2. The predicted molar refractivity (Wildman–Crippen MR) is 92.1 cm³/mol. The summed E-state index contributed by atoms with van der Waals surface area (Å²) in [5, 5.41) is 10.6. The molecule has 0 bridgehead atoms. The second-order valence-corrected chi connectivity index (χ2v) is 6.13. The van der Waals surface area contributed by atoms with Crippen molar-refractivity contribution in [2.24, 2.45) is 5.73 Å². The number of fused-ring (bicyclic) bond motifs is 1. The maximum atomic E-state index is 12.4. The van der Waals surface area contributed by atoms with E-state index in [1.807, 2.05) is 31.2 Å². The summed E-state index contributed by atoms with van der Waals surface area (Å²) in [4.78, 5) is 12.4. The average molecular weight is 339 g/mol. The summed E-state index contributed by atoms with van der Waals surface area (Å²) < 4.78 is 4.91. The van der Waals surface area contributed by atoms with Crippen molar-refractivity contribution in [1.82, 2.24) is 0 Å². The van der Waals surface area contributed by atoms with E-state index < -0.39 is 11.4 Å². The first kappa shape index (κ1) is 16.1. The van der Waals surface area contributed by atoms with Crippen molar-refractivity contribution in [3.05, 3.63) is 75.3 Å². The Bertz CT molecular complexity index is 910. The lowest BCUT2D eigenvalue weighted by Gasteiger charge is -2.26. The molecule has 2 aromatic rings. The highest BCUT2D eigenvalue weighted by atomic mass is 35.5. The fourth-order valence-corrected chi connectivity index (χ4v) is 3.35. The number of hydrogen-bond donors (Lipinski definition) is 1. The maximum Gasteiger partial charge on any atom is 0.338 e. The standard InChI is InChI=1S/C19H15ClN2O2/c1-11-3-5-12(6-4-11)19(10-21)15-9-13(20)7-8-14(15)17(22)16(19)18(23)24-2/h3-9H,22H2,1-2H3. The molecule has 1 atom stereocenters. The lowest BCUT2D eigenvalue weighted by atomic mass is 9.72. The van der Waals surface area contributed by atoms with E-state index >= 15 is 0 Å². The second kappa shape index (κ2) is 5.70. The molecule has 0 heterocycles. The second-order valence-electron chi connectivity index (χ2n) is 5.70. The largest absolute Gasteiger partial charge is 0.466 e. The lowest BCUT2D eigenvalue weighted by molar-refractivity contribution is -0.136. The number of esters is 1. The van der Waals surface area contributed by atoms with Gasteiger partial charge in [-0.25, -0.2) is 4.79 Å². The zero-order valence-electron chi connectivity index (χ0n) is 13.3.